The summed E-state index contributed by atoms with van der Waals surface area (Å²) in [5, 5.41) is 0. The molecule has 8 N–H and O–H groups in total. The van der Waals surface area contributed by atoms with Crippen molar-refractivity contribution in [1.29, 1.82) is 0 Å². The molecule has 20 nitrogen and oxygen atoms in total. The van der Waals surface area contributed by atoms with E-state index in [-0.39, 0.29) is 70.8 Å². The molecule has 0 aromatic heterocycles. The molecule has 0 fully saturated rings. The van der Waals surface area contributed by atoms with E-state index in [0.29, 0.717) is 52.7 Å². The second kappa shape index (κ2) is 36.2. The summed E-state index contributed by atoms with van der Waals surface area (Å²) in [4.78, 5) is 73.3. The van der Waals surface area contributed by atoms with E-state index in [1.807, 2.05) is 0 Å². The number of halogens is 6. The lowest BCUT2D eigenvalue weighted by atomic mass is 10.1. The molecule has 26 heteroatoms. The highest BCUT2D eigenvalue weighted by Gasteiger charge is 2.28. The first kappa shape index (κ1) is 71.4. The number of anilines is 4. The van der Waals surface area contributed by atoms with Crippen LogP contribution in [0, 0.1) is 0 Å². The fourth-order valence-corrected chi connectivity index (χ4v) is 7.83. The summed E-state index contributed by atoms with van der Waals surface area (Å²) < 4.78 is 126. The van der Waals surface area contributed by atoms with Gasteiger partial charge in [0.2, 0.25) is 0 Å². The number of nitrogens with two attached hydrogens (primary N) is 4. The van der Waals surface area contributed by atoms with Gasteiger partial charge in [0.1, 0.15) is 11.5 Å². The molecule has 0 radical (unpaired) electrons. The highest BCUT2D eigenvalue weighted by molar-refractivity contribution is 5.94. The molecule has 6 rings (SSSR count). The second-order valence-corrected chi connectivity index (χ2v) is 19.6. The van der Waals surface area contributed by atoms with Crippen molar-refractivity contribution in [2.45, 2.75) is 70.1 Å². The number of unbranched alkanes of at least 4 members (excludes halogenated alkanes) is 5. The highest BCUT2D eigenvalue weighted by atomic mass is 19.4. The van der Waals surface area contributed by atoms with Gasteiger partial charge in [-0.2, -0.15) is 26.3 Å². The van der Waals surface area contributed by atoms with Gasteiger partial charge in [0.25, 0.3) is 0 Å². The van der Waals surface area contributed by atoms with Gasteiger partial charge in [-0.1, -0.05) is 49.9 Å². The van der Waals surface area contributed by atoms with E-state index in [4.69, 9.17) is 70.3 Å². The van der Waals surface area contributed by atoms with E-state index < -0.39 is 74.2 Å². The maximum absolute atomic E-state index is 12.6. The Labute approximate surface area is 519 Å². The average molecular weight is 1280 g/mol. The van der Waals surface area contributed by atoms with Crippen LogP contribution < -0.4 is 51.4 Å². The van der Waals surface area contributed by atoms with E-state index >= 15 is 0 Å². The Hall–Kier alpha value is -10.4. The molecule has 0 unspecified atom stereocenters. The summed E-state index contributed by atoms with van der Waals surface area (Å²) in [5.74, 6) is -2.81. The van der Waals surface area contributed by atoms with Gasteiger partial charge in [0, 0.05) is 41.3 Å². The lowest BCUT2D eigenvalue weighted by Crippen LogP contribution is -2.13. The van der Waals surface area contributed by atoms with Crippen LogP contribution in [0.3, 0.4) is 0 Å². The third-order valence-electron chi connectivity index (χ3n) is 12.3. The third kappa shape index (κ3) is 27.3. The summed E-state index contributed by atoms with van der Waals surface area (Å²) in [5.41, 5.74) is 26.3. The highest BCUT2D eigenvalue weighted by Crippen LogP contribution is 2.32. The number of ether oxygens (including phenoxy) is 10. The Morgan fingerprint density at radius 1 is 0.374 bits per heavy atom. The predicted octanol–water partition coefficient (Wildman–Crippen LogP) is 12.4. The van der Waals surface area contributed by atoms with Crippen LogP contribution in [0.4, 0.5) is 49.1 Å². The van der Waals surface area contributed by atoms with Gasteiger partial charge in [-0.05, 0) is 133 Å². The predicted molar refractivity (Wildman–Crippen MR) is 325 cm³/mol. The molecule has 0 aliphatic carbocycles. The molecule has 0 saturated carbocycles. The summed E-state index contributed by atoms with van der Waals surface area (Å²) in [6, 6.07) is 29.7. The zero-order valence-corrected chi connectivity index (χ0v) is 49.6. The van der Waals surface area contributed by atoms with Crippen LogP contribution in [0.5, 0.6) is 34.5 Å². The maximum Gasteiger partial charge on any atom is 0.392 e. The number of benzene rings is 6. The van der Waals surface area contributed by atoms with Crippen molar-refractivity contribution >= 4 is 70.7 Å². The summed E-state index contributed by atoms with van der Waals surface area (Å²) >= 11 is 0. The Balaban J connectivity index is 0.000000333. The van der Waals surface area contributed by atoms with E-state index in [1.165, 1.54) is 111 Å². The van der Waals surface area contributed by atoms with Gasteiger partial charge in [-0.3, -0.25) is 0 Å². The van der Waals surface area contributed by atoms with Crippen molar-refractivity contribution < 1.29 is 102 Å². The number of hydrogen-bond donors (Lipinski definition) is 4. The first-order chi connectivity index (χ1) is 43.4. The fourth-order valence-electron chi connectivity index (χ4n) is 7.83. The van der Waals surface area contributed by atoms with Gasteiger partial charge >= 0.3 is 48.2 Å². The van der Waals surface area contributed by atoms with Gasteiger partial charge in [-0.25, -0.2) is 28.8 Å². The Kier molecular flexibility index (Phi) is 28.4. The molecule has 0 heterocycles. The lowest BCUT2D eigenvalue weighted by Gasteiger charge is -2.13. The molecule has 6 aromatic carbocycles. The van der Waals surface area contributed by atoms with Crippen molar-refractivity contribution in [3.05, 3.63) is 167 Å². The normalized spacial score (nSPS) is 11.2. The molecule has 0 aliphatic rings. The van der Waals surface area contributed by atoms with Crippen LogP contribution in [0.1, 0.15) is 110 Å². The maximum atomic E-state index is 12.6. The van der Waals surface area contributed by atoms with Crippen molar-refractivity contribution in [3.63, 3.8) is 0 Å². The average Bonchev–Trinajstić information content (AvgIpc) is 2.24. The van der Waals surface area contributed by atoms with Gasteiger partial charge in [0.15, 0.2) is 23.0 Å². The van der Waals surface area contributed by atoms with E-state index in [9.17, 15) is 55.1 Å². The Morgan fingerprint density at radius 3 is 1.08 bits per heavy atom. The second-order valence-electron chi connectivity index (χ2n) is 19.6. The topological polar surface area (TPSA) is 299 Å². The standard InChI is InChI=1S/C35H39F3N2O8.C30H29F3N2O8/c1-44-31-22-25(11-14-30(31)45-19-16-35(36,37)38)34(43)48-29-12-8-24(9-13-29)10-15-32(41)46-17-6-4-2-3-5-7-18-47-33(42)26-20-27(39)23-28(40)21-26;1-39-26-17-20(6-9-25(26)40-14-11-30(31,32)33)29(38)43-24-7-3-19(4-8-24)5-10-27(36)41-12-2-13-42-28(37)21-15-22(34)18-23(35)16-21/h8-15,20-23H,2-7,16-19,39-40H2,1H3;3-10,15-18H,2,11-14,34-35H2,1H3. The SMILES string of the molecule is COc1cc(C(=O)Oc2ccc(C=CC(=O)OCCCCCCCCOC(=O)c3cc(N)cc(N)c3)cc2)ccc1OCCC(F)(F)F.COc1cc(C(=O)Oc2ccc(C=CC(=O)OCCCOC(=O)c3cc(N)cc(N)c3)cc2)ccc1OCCC(F)(F)F. The number of rotatable bonds is 31. The van der Waals surface area contributed by atoms with Crippen molar-refractivity contribution in [2.24, 2.45) is 0 Å². The van der Waals surface area contributed by atoms with E-state index in [1.54, 1.807) is 48.5 Å². The van der Waals surface area contributed by atoms with Crippen LogP contribution in [0.2, 0.25) is 0 Å². The quantitative estimate of drug-likeness (QED) is 0.00598. The molecule has 6 aromatic rings. The van der Waals surface area contributed by atoms with E-state index in [2.05, 4.69) is 0 Å². The fraction of sp³-hybridized carbons (Fsp3) is 0.292. The minimum Gasteiger partial charge on any atom is -0.493 e. The summed E-state index contributed by atoms with van der Waals surface area (Å²) in [7, 11) is 2.60. The van der Waals surface area contributed by atoms with E-state index in [0.717, 1.165) is 38.5 Å². The van der Waals surface area contributed by atoms with Crippen molar-refractivity contribution in [2.75, 3.05) is 76.8 Å². The minimum absolute atomic E-state index is 0.0237. The number of hydrogen-bond acceptors (Lipinski definition) is 20. The molecule has 0 spiro atoms. The molecule has 0 amide bonds. The number of methoxy groups -OCH3 is 2. The first-order valence-electron chi connectivity index (χ1n) is 28.1. The molecule has 0 aliphatic heterocycles. The zero-order valence-electron chi connectivity index (χ0n) is 49.6. The van der Waals surface area contributed by atoms with Crippen molar-refractivity contribution in [3.8, 4) is 34.5 Å². The third-order valence-corrected chi connectivity index (χ3v) is 12.3. The summed E-state index contributed by atoms with van der Waals surface area (Å²) in [6.07, 6.45) is 0.107. The number of alkyl halides is 6. The molecule has 486 valence electrons. The smallest absolute Gasteiger partial charge is 0.392 e. The monoisotopic (exact) mass is 1270 g/mol. The molecule has 0 bridgehead atoms. The lowest BCUT2D eigenvalue weighted by molar-refractivity contribution is -0.140. The van der Waals surface area contributed by atoms with Gasteiger partial charge in [-0.15, -0.1) is 0 Å². The molecule has 91 heavy (non-hydrogen) atoms. The largest absolute Gasteiger partial charge is 0.493 e. The van der Waals surface area contributed by atoms with Crippen LogP contribution >= 0.6 is 0 Å². The van der Waals surface area contributed by atoms with Gasteiger partial charge in [0.05, 0.1) is 89.0 Å². The van der Waals surface area contributed by atoms with Crippen LogP contribution in [0.25, 0.3) is 12.2 Å². The van der Waals surface area contributed by atoms with Gasteiger partial charge < -0.3 is 70.3 Å². The number of esters is 6. The van der Waals surface area contributed by atoms with Crippen molar-refractivity contribution in [1.82, 2.24) is 0 Å². The Morgan fingerprint density at radius 2 is 0.714 bits per heavy atom. The Bertz CT molecular complexity index is 3410. The van der Waals surface area contributed by atoms with Crippen LogP contribution in [0.15, 0.2) is 133 Å². The first-order valence-corrected chi connectivity index (χ1v) is 28.1. The number of carbonyl (C=O) groups is 6. The zero-order chi connectivity index (χ0) is 66.3. The molecular formula is C65H68F6N4O16. The number of carbonyl (C=O) groups excluding carboxylic acids is 6. The summed E-state index contributed by atoms with van der Waals surface area (Å²) in [6.45, 7) is -0.525. The minimum atomic E-state index is -4.36. The molecule has 0 saturated heterocycles. The van der Waals surface area contributed by atoms with Crippen LogP contribution in [-0.2, 0) is 28.5 Å². The number of nitrogen functional groups attached to an aromatic ring is 4. The molecule has 0 atom stereocenters. The van der Waals surface area contributed by atoms with Crippen LogP contribution in [-0.4, -0.2) is 102 Å². The molecular weight excluding hydrogens is 1210 g/mol.